The molecule has 0 aliphatic carbocycles. The van der Waals surface area contributed by atoms with Crippen molar-refractivity contribution in [3.05, 3.63) is 22.9 Å². The van der Waals surface area contributed by atoms with Gasteiger partial charge in [-0.05, 0) is 25.5 Å². The molecular formula is C8H12ClN. The summed E-state index contributed by atoms with van der Waals surface area (Å²) in [5.41, 5.74) is 1.21. The van der Waals surface area contributed by atoms with Crippen LogP contribution >= 0.6 is 11.6 Å². The lowest BCUT2D eigenvalue weighted by atomic mass is 10.1. The Kier molecular flexibility index (Phi) is 2.05. The van der Waals surface area contributed by atoms with E-state index in [-0.39, 0.29) is 0 Å². The summed E-state index contributed by atoms with van der Waals surface area (Å²) in [6.07, 6.45) is 4.10. The minimum Gasteiger partial charge on any atom is -0.373 e. The fourth-order valence-corrected chi connectivity index (χ4v) is 1.33. The van der Waals surface area contributed by atoms with Crippen LogP contribution in [0.5, 0.6) is 0 Å². The minimum absolute atomic E-state index is 0.338. The second-order valence-corrected chi connectivity index (χ2v) is 3.18. The van der Waals surface area contributed by atoms with Gasteiger partial charge in [-0.15, -0.1) is 0 Å². The van der Waals surface area contributed by atoms with E-state index in [2.05, 4.69) is 18.0 Å². The fourth-order valence-electron chi connectivity index (χ4n) is 1.00. The third-order valence-electron chi connectivity index (χ3n) is 1.78. The SMILES string of the molecule is CC1=CN(C)C(C)C(Cl)=C1. The second-order valence-electron chi connectivity index (χ2n) is 2.74. The highest BCUT2D eigenvalue weighted by molar-refractivity contribution is 6.30. The second kappa shape index (κ2) is 2.67. The first kappa shape index (κ1) is 7.67. The average Bonchev–Trinajstić information content (AvgIpc) is 1.82. The number of hydrogen-bond acceptors (Lipinski definition) is 1. The molecule has 2 heteroatoms. The minimum atomic E-state index is 0.338. The van der Waals surface area contributed by atoms with Crippen LogP contribution in [-0.2, 0) is 0 Å². The van der Waals surface area contributed by atoms with Crippen LogP contribution in [-0.4, -0.2) is 18.0 Å². The fraction of sp³-hybridized carbons (Fsp3) is 0.500. The van der Waals surface area contributed by atoms with Gasteiger partial charge in [0, 0.05) is 18.3 Å². The first-order valence-corrected chi connectivity index (χ1v) is 3.76. The van der Waals surface area contributed by atoms with Gasteiger partial charge in [-0.2, -0.15) is 0 Å². The molecule has 0 aromatic heterocycles. The molecule has 1 unspecified atom stereocenters. The molecule has 0 amide bonds. The van der Waals surface area contributed by atoms with Crippen molar-refractivity contribution in [2.45, 2.75) is 19.9 Å². The number of rotatable bonds is 0. The topological polar surface area (TPSA) is 3.24 Å². The molecule has 0 N–H and O–H groups in total. The zero-order valence-electron chi connectivity index (χ0n) is 6.56. The van der Waals surface area contributed by atoms with Crippen LogP contribution in [0.4, 0.5) is 0 Å². The number of allylic oxidation sites excluding steroid dienone is 2. The summed E-state index contributed by atoms with van der Waals surface area (Å²) in [7, 11) is 2.03. The summed E-state index contributed by atoms with van der Waals surface area (Å²) in [5.74, 6) is 0. The molecular weight excluding hydrogens is 146 g/mol. The maximum Gasteiger partial charge on any atom is 0.0612 e. The Morgan fingerprint density at radius 1 is 1.60 bits per heavy atom. The van der Waals surface area contributed by atoms with Crippen molar-refractivity contribution < 1.29 is 0 Å². The third-order valence-corrected chi connectivity index (χ3v) is 2.21. The molecule has 0 saturated heterocycles. The van der Waals surface area contributed by atoms with Crippen molar-refractivity contribution >= 4 is 11.6 Å². The normalized spacial score (nSPS) is 26.0. The molecule has 0 bridgehead atoms. The molecule has 0 fully saturated rings. The van der Waals surface area contributed by atoms with E-state index in [0.717, 1.165) is 5.03 Å². The Morgan fingerprint density at radius 3 is 2.70 bits per heavy atom. The Morgan fingerprint density at radius 2 is 2.20 bits per heavy atom. The first-order chi connectivity index (χ1) is 4.61. The lowest BCUT2D eigenvalue weighted by molar-refractivity contribution is 0.394. The molecule has 0 saturated carbocycles. The van der Waals surface area contributed by atoms with Gasteiger partial charge in [0.15, 0.2) is 0 Å². The van der Waals surface area contributed by atoms with Gasteiger partial charge in [-0.1, -0.05) is 11.6 Å². The zero-order valence-corrected chi connectivity index (χ0v) is 7.31. The van der Waals surface area contributed by atoms with Crippen LogP contribution in [0.3, 0.4) is 0 Å². The van der Waals surface area contributed by atoms with E-state index < -0.39 is 0 Å². The van der Waals surface area contributed by atoms with E-state index in [1.165, 1.54) is 5.57 Å². The van der Waals surface area contributed by atoms with Gasteiger partial charge in [0.1, 0.15) is 0 Å². The predicted octanol–water partition coefficient (Wildman–Crippen LogP) is 2.35. The van der Waals surface area contributed by atoms with Gasteiger partial charge in [0.25, 0.3) is 0 Å². The van der Waals surface area contributed by atoms with Crippen molar-refractivity contribution in [1.82, 2.24) is 4.90 Å². The van der Waals surface area contributed by atoms with Crippen LogP contribution in [0, 0.1) is 0 Å². The molecule has 1 aliphatic heterocycles. The van der Waals surface area contributed by atoms with Crippen LogP contribution in [0.1, 0.15) is 13.8 Å². The van der Waals surface area contributed by atoms with E-state index >= 15 is 0 Å². The van der Waals surface area contributed by atoms with Crippen molar-refractivity contribution in [2.24, 2.45) is 0 Å². The Hall–Kier alpha value is -0.430. The van der Waals surface area contributed by atoms with E-state index in [9.17, 15) is 0 Å². The highest BCUT2D eigenvalue weighted by Crippen LogP contribution is 2.20. The number of halogens is 1. The van der Waals surface area contributed by atoms with Gasteiger partial charge in [-0.3, -0.25) is 0 Å². The van der Waals surface area contributed by atoms with Crippen LogP contribution in [0.2, 0.25) is 0 Å². The summed E-state index contributed by atoms with van der Waals surface area (Å²) in [6.45, 7) is 4.13. The molecule has 0 radical (unpaired) electrons. The summed E-state index contributed by atoms with van der Waals surface area (Å²) < 4.78 is 0. The molecule has 1 atom stereocenters. The summed E-state index contributed by atoms with van der Waals surface area (Å²) in [4.78, 5) is 2.11. The molecule has 0 aromatic carbocycles. The lowest BCUT2D eigenvalue weighted by Crippen LogP contribution is -2.26. The van der Waals surface area contributed by atoms with Crippen LogP contribution in [0.25, 0.3) is 0 Å². The van der Waals surface area contributed by atoms with Crippen LogP contribution in [0.15, 0.2) is 22.9 Å². The average molecular weight is 158 g/mol. The molecule has 0 spiro atoms. The summed E-state index contributed by atoms with van der Waals surface area (Å²) >= 11 is 5.94. The van der Waals surface area contributed by atoms with E-state index in [4.69, 9.17) is 11.6 Å². The molecule has 1 heterocycles. The van der Waals surface area contributed by atoms with Gasteiger partial charge in [-0.25, -0.2) is 0 Å². The first-order valence-electron chi connectivity index (χ1n) is 3.38. The van der Waals surface area contributed by atoms with Crippen LogP contribution < -0.4 is 0 Å². The highest BCUT2D eigenvalue weighted by atomic mass is 35.5. The van der Waals surface area contributed by atoms with Gasteiger partial charge in [0.2, 0.25) is 0 Å². The van der Waals surface area contributed by atoms with Crippen molar-refractivity contribution in [3.8, 4) is 0 Å². The maximum atomic E-state index is 5.94. The third kappa shape index (κ3) is 1.35. The smallest absolute Gasteiger partial charge is 0.0612 e. The highest BCUT2D eigenvalue weighted by Gasteiger charge is 2.13. The van der Waals surface area contributed by atoms with Gasteiger partial charge < -0.3 is 4.90 Å². The predicted molar refractivity (Wildman–Crippen MR) is 44.9 cm³/mol. The van der Waals surface area contributed by atoms with E-state index in [0.29, 0.717) is 6.04 Å². The monoisotopic (exact) mass is 157 g/mol. The van der Waals surface area contributed by atoms with Gasteiger partial charge in [0.05, 0.1) is 6.04 Å². The Bertz CT molecular complexity index is 193. The summed E-state index contributed by atoms with van der Waals surface area (Å²) in [5, 5.41) is 0.919. The maximum absolute atomic E-state index is 5.94. The van der Waals surface area contributed by atoms with E-state index in [1.54, 1.807) is 0 Å². The number of nitrogens with zero attached hydrogens (tertiary/aromatic N) is 1. The lowest BCUT2D eigenvalue weighted by Gasteiger charge is -2.26. The molecule has 0 aromatic rings. The molecule has 10 heavy (non-hydrogen) atoms. The Labute approximate surface area is 67.0 Å². The van der Waals surface area contributed by atoms with Crippen molar-refractivity contribution in [2.75, 3.05) is 7.05 Å². The Balaban J connectivity index is 2.85. The van der Waals surface area contributed by atoms with E-state index in [1.807, 2.05) is 20.0 Å². The van der Waals surface area contributed by atoms with Gasteiger partial charge >= 0.3 is 0 Å². The summed E-state index contributed by atoms with van der Waals surface area (Å²) in [6, 6.07) is 0.338. The number of hydrogen-bond donors (Lipinski definition) is 0. The largest absolute Gasteiger partial charge is 0.373 e. The van der Waals surface area contributed by atoms with Crippen molar-refractivity contribution in [3.63, 3.8) is 0 Å². The standard InChI is InChI=1S/C8H12ClN/c1-6-4-8(9)7(2)10(3)5-6/h4-5,7H,1-3H3. The molecule has 1 nitrogen and oxygen atoms in total. The quantitative estimate of drug-likeness (QED) is 0.522. The zero-order chi connectivity index (χ0) is 7.72. The molecule has 56 valence electrons. The number of likely N-dealkylation sites (N-methyl/N-ethyl adjacent to an activating group) is 1. The van der Waals surface area contributed by atoms with Crippen molar-refractivity contribution in [1.29, 1.82) is 0 Å². The molecule has 1 aliphatic rings. The molecule has 1 rings (SSSR count).